The van der Waals surface area contributed by atoms with Crippen LogP contribution in [0.5, 0.6) is 11.5 Å². The number of benzene rings is 2. The minimum atomic E-state index is -6.00. The summed E-state index contributed by atoms with van der Waals surface area (Å²) in [5, 5.41) is 0.124. The quantitative estimate of drug-likeness (QED) is 0.261. The van der Waals surface area contributed by atoms with E-state index < -0.39 is 42.8 Å². The van der Waals surface area contributed by atoms with Gasteiger partial charge in [-0.25, -0.2) is 0 Å². The van der Waals surface area contributed by atoms with Crippen LogP contribution in [0.2, 0.25) is 0 Å². The maximum atomic E-state index is 12.6. The van der Waals surface area contributed by atoms with Crippen molar-refractivity contribution in [2.24, 2.45) is 0 Å². The Kier molecular flexibility index (Phi) is 6.42. The molecule has 0 radical (unpaired) electrons. The highest BCUT2D eigenvalue weighted by molar-refractivity contribution is 9.11. The molecule has 0 aromatic heterocycles. The van der Waals surface area contributed by atoms with Gasteiger partial charge in [0.05, 0.1) is 8.95 Å². The van der Waals surface area contributed by atoms with E-state index in [2.05, 4.69) is 40.2 Å². The van der Waals surface area contributed by atoms with Gasteiger partial charge in [-0.05, 0) is 68.6 Å². The van der Waals surface area contributed by atoms with Gasteiger partial charge in [-0.15, -0.1) is 0 Å². The van der Waals surface area contributed by atoms with Crippen molar-refractivity contribution in [2.45, 2.75) is 24.9 Å². The Bertz CT molecular complexity index is 1140. The third-order valence-corrected chi connectivity index (χ3v) is 6.79. The number of hydrogen-bond acceptors (Lipinski definition) is 6. The highest BCUT2D eigenvalue weighted by Gasteiger charge is 2.50. The maximum Gasteiger partial charge on any atom is 0.534 e. The Balaban J connectivity index is 2.73. The lowest BCUT2D eigenvalue weighted by Gasteiger charge is -2.18. The second kappa shape index (κ2) is 7.70. The fourth-order valence-electron chi connectivity index (χ4n) is 2.28. The van der Waals surface area contributed by atoms with Gasteiger partial charge in [-0.2, -0.15) is 43.2 Å². The molecule has 0 saturated heterocycles. The van der Waals surface area contributed by atoms with E-state index in [0.29, 0.717) is 0 Å². The highest BCUT2D eigenvalue weighted by atomic mass is 79.9. The highest BCUT2D eigenvalue weighted by Crippen LogP contribution is 2.44. The van der Waals surface area contributed by atoms with E-state index in [4.69, 9.17) is 0 Å². The molecule has 0 heterocycles. The fraction of sp³-hybridized carbons (Fsp3) is 0.286. The molecule has 2 aromatic carbocycles. The largest absolute Gasteiger partial charge is 0.534 e. The second-order valence-corrected chi connectivity index (χ2v) is 10.5. The van der Waals surface area contributed by atoms with E-state index in [1.54, 1.807) is 0 Å². The van der Waals surface area contributed by atoms with E-state index in [1.807, 2.05) is 0 Å². The van der Waals surface area contributed by atoms with Gasteiger partial charge in [-0.3, -0.25) is 0 Å². The fourth-order valence-corrected chi connectivity index (χ4v) is 4.77. The van der Waals surface area contributed by atoms with Gasteiger partial charge in [0.2, 0.25) is 0 Å². The Hall–Kier alpha value is -1.26. The van der Waals surface area contributed by atoms with Crippen LogP contribution in [0.25, 0.3) is 10.8 Å². The summed E-state index contributed by atoms with van der Waals surface area (Å²) in [5.74, 6) is -1.41. The summed E-state index contributed by atoms with van der Waals surface area (Å²) >= 11 is 5.70. The Morgan fingerprint density at radius 2 is 0.967 bits per heavy atom. The molecule has 0 amide bonds. The Morgan fingerprint density at radius 1 is 0.700 bits per heavy atom. The van der Waals surface area contributed by atoms with Crippen molar-refractivity contribution in [3.8, 4) is 11.5 Å². The van der Waals surface area contributed by atoms with Crippen molar-refractivity contribution in [3.63, 3.8) is 0 Å². The van der Waals surface area contributed by atoms with Gasteiger partial charge in [0.15, 0.2) is 11.5 Å². The van der Waals surface area contributed by atoms with E-state index in [9.17, 15) is 43.2 Å². The van der Waals surface area contributed by atoms with Crippen molar-refractivity contribution in [1.29, 1.82) is 0 Å². The summed E-state index contributed by atoms with van der Waals surface area (Å²) in [6, 6.07) is 2.11. The topological polar surface area (TPSA) is 86.7 Å². The number of alkyl halides is 6. The van der Waals surface area contributed by atoms with E-state index in [1.165, 1.54) is 13.8 Å². The summed E-state index contributed by atoms with van der Waals surface area (Å²) in [6.07, 6.45) is 0. The third kappa shape index (κ3) is 4.50. The van der Waals surface area contributed by atoms with Crippen LogP contribution in [0.3, 0.4) is 0 Å². The average molecular weight is 610 g/mol. The van der Waals surface area contributed by atoms with Crippen LogP contribution in [-0.2, 0) is 20.2 Å². The van der Waals surface area contributed by atoms with Gasteiger partial charge >= 0.3 is 31.3 Å². The molecule has 0 unspecified atom stereocenters. The summed E-state index contributed by atoms with van der Waals surface area (Å²) in [7, 11) is -12.0. The minimum absolute atomic E-state index is 0.0618. The van der Waals surface area contributed by atoms with Gasteiger partial charge in [-0.1, -0.05) is 0 Å². The molecule has 0 aliphatic rings. The zero-order valence-corrected chi connectivity index (χ0v) is 19.2. The number of aryl methyl sites for hydroxylation is 2. The summed E-state index contributed by atoms with van der Waals surface area (Å²) in [6.45, 7) is 2.40. The van der Waals surface area contributed by atoms with Crippen LogP contribution in [0.15, 0.2) is 21.1 Å². The first-order chi connectivity index (χ1) is 13.3. The number of hydrogen-bond donors (Lipinski definition) is 0. The molecule has 0 fully saturated rings. The molecule has 0 bridgehead atoms. The van der Waals surface area contributed by atoms with Crippen LogP contribution < -0.4 is 8.37 Å². The van der Waals surface area contributed by atoms with Crippen molar-refractivity contribution >= 4 is 62.9 Å². The molecule has 0 atom stereocenters. The first-order valence-electron chi connectivity index (χ1n) is 7.23. The van der Waals surface area contributed by atoms with Crippen LogP contribution in [0.1, 0.15) is 11.1 Å². The van der Waals surface area contributed by atoms with Gasteiger partial charge in [0.1, 0.15) is 0 Å². The predicted molar refractivity (Wildman–Crippen MR) is 100 cm³/mol. The van der Waals surface area contributed by atoms with Gasteiger partial charge in [0, 0.05) is 11.1 Å². The Labute approximate surface area is 182 Å². The molecule has 0 aliphatic heterocycles. The SMILES string of the molecule is Cc1c(OS(=O)(=O)C(F)(F)F)c(Br)cc2c(C)c(OS(=O)(=O)C(F)(F)F)c(Br)cc12. The number of halogens is 8. The minimum Gasteiger partial charge on any atom is -0.375 e. The monoisotopic (exact) mass is 608 g/mol. The smallest absolute Gasteiger partial charge is 0.375 e. The predicted octanol–water partition coefficient (Wildman–Crippen LogP) is 5.44. The molecular formula is C14H8Br2F6O6S2. The molecule has 30 heavy (non-hydrogen) atoms. The number of rotatable bonds is 4. The molecule has 0 N–H and O–H groups in total. The maximum absolute atomic E-state index is 12.6. The first-order valence-corrected chi connectivity index (χ1v) is 11.6. The van der Waals surface area contributed by atoms with Crippen molar-refractivity contribution in [2.75, 3.05) is 0 Å². The molecule has 168 valence electrons. The van der Waals surface area contributed by atoms with Crippen molar-refractivity contribution in [1.82, 2.24) is 0 Å². The van der Waals surface area contributed by atoms with E-state index in [0.717, 1.165) is 12.1 Å². The average Bonchev–Trinajstić information content (AvgIpc) is 2.54. The molecule has 16 heteroatoms. The Morgan fingerprint density at radius 3 is 1.20 bits per heavy atom. The first kappa shape index (κ1) is 25.0. The summed E-state index contributed by atoms with van der Waals surface area (Å²) in [5.41, 5.74) is -11.6. The lowest BCUT2D eigenvalue weighted by Crippen LogP contribution is -2.28. The second-order valence-electron chi connectivity index (χ2n) is 5.69. The molecule has 2 aromatic rings. The van der Waals surface area contributed by atoms with Crippen molar-refractivity contribution < 1.29 is 51.5 Å². The molecular weight excluding hydrogens is 602 g/mol. The zero-order chi connectivity index (χ0) is 23.4. The summed E-state index contributed by atoms with van der Waals surface area (Å²) < 4.78 is 129. The summed E-state index contributed by atoms with van der Waals surface area (Å²) in [4.78, 5) is 0. The molecule has 0 saturated carbocycles. The van der Waals surface area contributed by atoms with Crippen LogP contribution in [0, 0.1) is 13.8 Å². The normalized spacial score (nSPS) is 13.5. The van der Waals surface area contributed by atoms with E-state index >= 15 is 0 Å². The lowest BCUT2D eigenvalue weighted by molar-refractivity contribution is -0.0505. The van der Waals surface area contributed by atoms with Crippen LogP contribution in [0.4, 0.5) is 26.3 Å². The standard InChI is InChI=1S/C14H8Br2F6O6S2/c1-5-7-3-10(16)12(28-30(25,26)14(20,21)22)6(2)8(7)4-9(15)11(5)27-29(23,24)13(17,18)19/h3-4H,1-2H3. The third-order valence-electron chi connectivity index (χ3n) is 3.71. The molecule has 0 spiro atoms. The van der Waals surface area contributed by atoms with Crippen molar-refractivity contribution in [3.05, 3.63) is 32.2 Å². The van der Waals surface area contributed by atoms with E-state index in [-0.39, 0.29) is 30.8 Å². The number of fused-ring (bicyclic) bond motifs is 1. The molecule has 0 aliphatic carbocycles. The molecule has 6 nitrogen and oxygen atoms in total. The van der Waals surface area contributed by atoms with Crippen LogP contribution in [-0.4, -0.2) is 27.9 Å². The van der Waals surface area contributed by atoms with Crippen LogP contribution >= 0.6 is 31.9 Å². The zero-order valence-electron chi connectivity index (χ0n) is 14.4. The van der Waals surface area contributed by atoms with Gasteiger partial charge < -0.3 is 8.37 Å². The lowest BCUT2D eigenvalue weighted by atomic mass is 10.00. The van der Waals surface area contributed by atoms with Gasteiger partial charge in [0.25, 0.3) is 0 Å². The molecule has 2 rings (SSSR count).